The lowest BCUT2D eigenvalue weighted by atomic mass is 9.43. The minimum absolute atomic E-state index is 0.146. The SMILES string of the molecule is CC1=C(c2cccnc2)[C@@]2(CO)CC[C@H]3[C@@H]([C@@H](O)CC4C[C@@H](O)CC[C@@]43C)[C@@H]2C1.CC[C@]12CC[C@H]3[C@@H]([C@@H](O)CC4C[C@@H](O)CC[C@@]43C)[C@@H]1CC(C)=C2c1cccnc1.CC[C@]12CC[C@H]3[C@@H]([C@@H](O)CC4C[C@@H](O)CC[C@@]43C)[C@@H]1CC=C2c1cccnc1.C[C@]12CC[C@H](O)CC1C[C@H](O)[C@H]1[C@@H]3CC=C(c4cccnc4)[C@@]3(CO)CC[C@@H]12. The van der Waals surface area contributed by atoms with Crippen LogP contribution in [0, 0.1) is 138 Å². The fraction of sp³-hybridized carbons (Fsp3) is 0.720. The smallest absolute Gasteiger partial charge is 0.0577 e. The number of aliphatic hydroxyl groups excluding tert-OH is 10. The van der Waals surface area contributed by atoms with Crippen molar-refractivity contribution in [1.82, 2.24) is 19.9 Å². The van der Waals surface area contributed by atoms with Gasteiger partial charge in [-0.05, 0) is 402 Å². The van der Waals surface area contributed by atoms with E-state index in [1.54, 1.807) is 12.4 Å². The van der Waals surface area contributed by atoms with Gasteiger partial charge in [0.2, 0.25) is 0 Å². The highest BCUT2D eigenvalue weighted by molar-refractivity contribution is 5.78. The van der Waals surface area contributed by atoms with Gasteiger partial charge in [-0.2, -0.15) is 0 Å². The van der Waals surface area contributed by atoms with Gasteiger partial charge in [-0.15, -0.1) is 0 Å². The zero-order chi connectivity index (χ0) is 79.8. The maximum Gasteiger partial charge on any atom is 0.0577 e. The Morgan fingerprint density at radius 2 is 0.623 bits per heavy atom. The maximum absolute atomic E-state index is 11.4. The molecule has 0 bridgehead atoms. The quantitative estimate of drug-likeness (QED) is 0.0788. The Morgan fingerprint density at radius 1 is 0.333 bits per heavy atom. The first-order valence-electron chi connectivity index (χ1n) is 45.9. The number of allylic oxidation sites excluding steroid dienone is 6. The van der Waals surface area contributed by atoms with Gasteiger partial charge < -0.3 is 51.1 Å². The van der Waals surface area contributed by atoms with Gasteiger partial charge in [-0.1, -0.05) is 89.1 Å². The zero-order valence-electron chi connectivity index (χ0n) is 70.1. The molecule has 16 aliphatic carbocycles. The fourth-order valence-electron chi connectivity index (χ4n) is 32.9. The number of hydrogen-bond acceptors (Lipinski definition) is 14. The normalized spacial score (nSPS) is 47.2. The first-order valence-corrected chi connectivity index (χ1v) is 45.9. The van der Waals surface area contributed by atoms with E-state index < -0.39 is 0 Å². The van der Waals surface area contributed by atoms with Crippen molar-refractivity contribution in [3.63, 3.8) is 0 Å². The highest BCUT2D eigenvalue weighted by atomic mass is 16.3. The molecule has 10 N–H and O–H groups in total. The van der Waals surface area contributed by atoms with E-state index in [0.29, 0.717) is 88.3 Å². The van der Waals surface area contributed by atoms with E-state index >= 15 is 0 Å². The summed E-state index contributed by atoms with van der Waals surface area (Å²) in [4.78, 5) is 17.5. The summed E-state index contributed by atoms with van der Waals surface area (Å²) < 4.78 is 0. The van der Waals surface area contributed by atoms with Crippen molar-refractivity contribution in [2.75, 3.05) is 13.2 Å². The number of rotatable bonds is 8. The molecule has 32 atom stereocenters. The molecule has 4 heterocycles. The molecule has 0 aromatic carbocycles. The minimum Gasteiger partial charge on any atom is -0.395 e. The summed E-state index contributed by atoms with van der Waals surface area (Å²) in [5, 5.41) is 108. The van der Waals surface area contributed by atoms with Gasteiger partial charge in [-0.25, -0.2) is 0 Å². The van der Waals surface area contributed by atoms with Crippen molar-refractivity contribution in [2.45, 2.75) is 297 Å². The lowest BCUT2D eigenvalue weighted by molar-refractivity contribution is -0.169. The van der Waals surface area contributed by atoms with Gasteiger partial charge in [0.15, 0.2) is 0 Å². The molecule has 0 aliphatic heterocycles. The van der Waals surface area contributed by atoms with Crippen LogP contribution in [0.3, 0.4) is 0 Å². The Morgan fingerprint density at radius 3 is 0.956 bits per heavy atom. The second kappa shape index (κ2) is 31.3. The number of fused-ring (bicyclic) bond motifs is 20. The van der Waals surface area contributed by atoms with Crippen molar-refractivity contribution >= 4 is 22.3 Å². The van der Waals surface area contributed by atoms with Gasteiger partial charge in [0.25, 0.3) is 0 Å². The monoisotopic (exact) mass is 1560 g/mol. The first kappa shape index (κ1) is 81.5. The van der Waals surface area contributed by atoms with Crippen LogP contribution in [-0.2, 0) is 0 Å². The number of aromatic nitrogens is 4. The van der Waals surface area contributed by atoms with Gasteiger partial charge in [0.05, 0.1) is 62.0 Å². The fourth-order valence-corrected chi connectivity index (χ4v) is 32.9. The number of aliphatic hydroxyl groups is 10. The average molecular weight is 1560 g/mol. The predicted octanol–water partition coefficient (Wildman–Crippen LogP) is 17.3. The van der Waals surface area contributed by atoms with Crippen LogP contribution in [0.25, 0.3) is 22.3 Å². The summed E-state index contributed by atoms with van der Waals surface area (Å²) >= 11 is 0. The summed E-state index contributed by atoms with van der Waals surface area (Å²) in [6.07, 6.45) is 48.4. The summed E-state index contributed by atoms with van der Waals surface area (Å²) in [5.41, 5.74) is 14.1. The molecule has 114 heavy (non-hydrogen) atoms. The van der Waals surface area contributed by atoms with Crippen molar-refractivity contribution in [1.29, 1.82) is 0 Å². The van der Waals surface area contributed by atoms with Crippen LogP contribution in [0.15, 0.2) is 121 Å². The molecule has 14 heteroatoms. The van der Waals surface area contributed by atoms with Gasteiger partial charge in [-0.3, -0.25) is 19.9 Å². The molecule has 16 aliphatic rings. The summed E-state index contributed by atoms with van der Waals surface area (Å²) in [6, 6.07) is 16.7. The Balaban J connectivity index is 0.000000110. The highest BCUT2D eigenvalue weighted by Gasteiger charge is 2.68. The van der Waals surface area contributed by atoms with E-state index in [1.807, 2.05) is 55.4 Å². The third kappa shape index (κ3) is 13.0. The molecule has 0 saturated heterocycles. The van der Waals surface area contributed by atoms with Crippen molar-refractivity contribution in [3.05, 3.63) is 144 Å². The van der Waals surface area contributed by atoms with Crippen LogP contribution >= 0.6 is 0 Å². The van der Waals surface area contributed by atoms with Crippen LogP contribution in [0.1, 0.15) is 270 Å². The van der Waals surface area contributed by atoms with Crippen LogP contribution in [0.4, 0.5) is 0 Å². The van der Waals surface area contributed by atoms with Crippen LogP contribution in [0.2, 0.25) is 0 Å². The average Bonchev–Trinajstić information content (AvgIpc) is 1.35. The van der Waals surface area contributed by atoms with Gasteiger partial charge in [0.1, 0.15) is 0 Å². The predicted molar refractivity (Wildman–Crippen MR) is 448 cm³/mol. The molecule has 4 aromatic heterocycles. The molecular weight excluding hydrogens is 1420 g/mol. The molecule has 12 saturated carbocycles. The minimum atomic E-state index is -0.333. The highest BCUT2D eigenvalue weighted by Crippen LogP contribution is 2.74. The summed E-state index contributed by atoms with van der Waals surface area (Å²) in [5.74, 6) is 6.89. The number of hydrogen-bond donors (Lipinski definition) is 10. The lowest BCUT2D eigenvalue weighted by Crippen LogP contribution is -2.59. The second-order valence-electron chi connectivity index (χ2n) is 42.1. The third-order valence-corrected chi connectivity index (χ3v) is 38.3. The Hall–Kier alpha value is -4.84. The summed E-state index contributed by atoms with van der Waals surface area (Å²) in [7, 11) is 0. The zero-order valence-corrected chi connectivity index (χ0v) is 70.1. The van der Waals surface area contributed by atoms with Crippen molar-refractivity contribution in [3.8, 4) is 0 Å². The third-order valence-electron chi connectivity index (χ3n) is 38.3. The van der Waals surface area contributed by atoms with E-state index in [1.165, 1.54) is 70.2 Å². The molecule has 0 amide bonds. The standard InChI is InChI=1S/C26H37NO2.C25H35NO3.C25H35NO2.C24H33NO3/c1-4-26-10-8-20-23(22(29)14-18-13-19(28)7-9-25(18,20)3)21(26)12-16(2)24(26)17-6-5-11-27-15-17;1-15-10-20-22-19(24(2)7-5-18(28)11-17(24)12-21(22)29)6-8-25(20,14-27)23(15)16-4-3-9-26-13-16;1-3-25-11-9-20-23(21(25)7-6-19(25)16-5-4-12-26-15-16)22(28)14-17-13-18(27)8-10-24(17,20)2;1-23-8-6-17(27)11-16(23)12-21(28)22-19(23)7-9-24(14-26)18(4-5-20(22)24)15-3-2-10-25-13-15/h5-6,11,15,18-23,28-29H,4,7-10,12-14H2,1-3H3;3-4,9,13,17-22,27-29H,5-8,10-12,14H2,1-2H3;4-6,12,15,17-18,20-23,27-28H,3,7-11,13-14H2,1-2H3;2-4,10,13,16-17,19-22,26-28H,5-9,11-12,14H2,1H3/t18?,19-,20-,21-,22-,23+,25-,26-;17?,18-,19-,20-,21-,22+,24-,25+;17?,18-,20-,21-,22-,23+,24-,25+;16?,17-,19-,20-,21-,22+,23-,24-/m0000/s1. The molecule has 12 fully saturated rings. The maximum atomic E-state index is 11.4. The Bertz CT molecular complexity index is 3930. The van der Waals surface area contributed by atoms with E-state index in [2.05, 4.69) is 118 Å². The van der Waals surface area contributed by atoms with E-state index in [-0.39, 0.29) is 112 Å². The van der Waals surface area contributed by atoms with Gasteiger partial charge >= 0.3 is 0 Å². The molecule has 14 nitrogen and oxygen atoms in total. The Labute approximate surface area is 681 Å². The van der Waals surface area contributed by atoms with Crippen molar-refractivity contribution < 1.29 is 51.1 Å². The summed E-state index contributed by atoms with van der Waals surface area (Å²) in [6.45, 7) is 19.4. The largest absolute Gasteiger partial charge is 0.395 e. The molecule has 0 radical (unpaired) electrons. The second-order valence-corrected chi connectivity index (χ2v) is 42.1. The van der Waals surface area contributed by atoms with Crippen LogP contribution in [-0.4, -0.2) is 133 Å². The first-order chi connectivity index (χ1) is 54.8. The molecule has 20 rings (SSSR count). The molecule has 4 aromatic rings. The molecule has 4 unspecified atom stereocenters. The van der Waals surface area contributed by atoms with E-state index in [0.717, 1.165) is 178 Å². The molecule has 620 valence electrons. The Kier molecular flexibility index (Phi) is 22.4. The number of nitrogens with zero attached hydrogens (tertiary/aromatic N) is 4. The topological polar surface area (TPSA) is 254 Å². The van der Waals surface area contributed by atoms with Crippen LogP contribution < -0.4 is 0 Å². The molecular formula is C100H140N4O10. The van der Waals surface area contributed by atoms with Crippen molar-refractivity contribution in [2.24, 2.45) is 138 Å². The lowest BCUT2D eigenvalue weighted by Gasteiger charge is -2.62. The number of pyridine rings is 4. The van der Waals surface area contributed by atoms with Gasteiger partial charge in [0, 0.05) is 60.4 Å². The van der Waals surface area contributed by atoms with Crippen LogP contribution in [0.5, 0.6) is 0 Å². The molecule has 0 spiro atoms. The van der Waals surface area contributed by atoms with E-state index in [4.69, 9.17) is 0 Å². The van der Waals surface area contributed by atoms with E-state index in [9.17, 15) is 51.1 Å².